The van der Waals surface area contributed by atoms with E-state index in [2.05, 4.69) is 58.0 Å². The Hall–Kier alpha value is -1.82. The van der Waals surface area contributed by atoms with E-state index in [0.29, 0.717) is 17.9 Å². The Bertz CT molecular complexity index is 972. The number of likely N-dealkylation sites (tertiary alicyclic amines) is 1. The van der Waals surface area contributed by atoms with Crippen LogP contribution in [0.3, 0.4) is 0 Å². The van der Waals surface area contributed by atoms with E-state index in [4.69, 9.17) is 4.98 Å². The van der Waals surface area contributed by atoms with E-state index in [1.807, 2.05) is 19.2 Å². The lowest BCUT2D eigenvalue weighted by atomic mass is 9.88. The van der Waals surface area contributed by atoms with Crippen molar-refractivity contribution in [1.82, 2.24) is 19.9 Å². The number of anilines is 1. The topological polar surface area (TPSA) is 48.1 Å². The van der Waals surface area contributed by atoms with Gasteiger partial charge in [-0.25, -0.2) is 9.97 Å². The summed E-state index contributed by atoms with van der Waals surface area (Å²) in [5.41, 5.74) is 4.95. The number of fused-ring (bicyclic) bond motifs is 2. The highest BCUT2D eigenvalue weighted by Gasteiger charge is 2.47. The third-order valence-electron chi connectivity index (χ3n) is 6.20. The monoisotopic (exact) mass is 419 g/mol. The molecule has 0 radical (unpaired) electrons. The molecule has 150 valence electrons. The highest BCUT2D eigenvalue weighted by Crippen LogP contribution is 2.46. The summed E-state index contributed by atoms with van der Waals surface area (Å²) >= 11 is 0. The van der Waals surface area contributed by atoms with Gasteiger partial charge in [0, 0.05) is 37.8 Å². The lowest BCUT2D eigenvalue weighted by Crippen LogP contribution is -2.30. The number of halogens is 2. The van der Waals surface area contributed by atoms with Crippen molar-refractivity contribution >= 4 is 41.7 Å². The molecule has 0 amide bonds. The SMILES string of the molecule is Cc1nc(N2C[C@@H]3CN(C)[C@@H](c4ccccc4C)[C@@H]3C2)c2[nH]ccc2n1.Cl.Cl. The third-order valence-corrected chi connectivity index (χ3v) is 6.20. The predicted molar refractivity (Wildman–Crippen MR) is 119 cm³/mol. The summed E-state index contributed by atoms with van der Waals surface area (Å²) in [5, 5.41) is 0. The Labute approximate surface area is 178 Å². The molecule has 2 aromatic heterocycles. The fourth-order valence-electron chi connectivity index (χ4n) is 5.09. The molecule has 2 aliphatic heterocycles. The number of rotatable bonds is 2. The fourth-order valence-corrected chi connectivity index (χ4v) is 5.09. The second-order valence-corrected chi connectivity index (χ2v) is 7.90. The molecular weight excluding hydrogens is 393 g/mol. The molecule has 28 heavy (non-hydrogen) atoms. The minimum Gasteiger partial charge on any atom is -0.357 e. The van der Waals surface area contributed by atoms with Gasteiger partial charge in [-0.3, -0.25) is 4.90 Å². The maximum Gasteiger partial charge on any atom is 0.156 e. The van der Waals surface area contributed by atoms with Crippen molar-refractivity contribution in [1.29, 1.82) is 0 Å². The number of aromatic amines is 1. The van der Waals surface area contributed by atoms with Crippen molar-refractivity contribution in [2.75, 3.05) is 31.6 Å². The molecule has 0 unspecified atom stereocenters. The molecule has 2 saturated heterocycles. The summed E-state index contributed by atoms with van der Waals surface area (Å²) in [6, 6.07) is 11.4. The molecular formula is C21H27Cl2N5. The van der Waals surface area contributed by atoms with Gasteiger partial charge in [0.1, 0.15) is 11.3 Å². The van der Waals surface area contributed by atoms with Crippen LogP contribution in [-0.2, 0) is 0 Å². The van der Waals surface area contributed by atoms with Crippen LogP contribution in [0.1, 0.15) is 23.0 Å². The lowest BCUT2D eigenvalue weighted by Gasteiger charge is -2.28. The van der Waals surface area contributed by atoms with Gasteiger partial charge in [0.15, 0.2) is 5.82 Å². The van der Waals surface area contributed by atoms with Crippen molar-refractivity contribution in [3.8, 4) is 0 Å². The average Bonchev–Trinajstić information content (AvgIpc) is 3.29. The van der Waals surface area contributed by atoms with Crippen LogP contribution in [0.15, 0.2) is 36.5 Å². The third kappa shape index (κ3) is 3.25. The molecule has 0 spiro atoms. The van der Waals surface area contributed by atoms with E-state index in [1.165, 1.54) is 11.1 Å². The fraction of sp³-hybridized carbons (Fsp3) is 0.429. The van der Waals surface area contributed by atoms with Crippen LogP contribution in [0.2, 0.25) is 0 Å². The van der Waals surface area contributed by atoms with Crippen LogP contribution in [0, 0.1) is 25.7 Å². The second-order valence-electron chi connectivity index (χ2n) is 7.90. The number of hydrogen-bond donors (Lipinski definition) is 1. The molecule has 7 heteroatoms. The van der Waals surface area contributed by atoms with Gasteiger partial charge in [0.25, 0.3) is 0 Å². The van der Waals surface area contributed by atoms with E-state index < -0.39 is 0 Å². The van der Waals surface area contributed by atoms with Gasteiger partial charge >= 0.3 is 0 Å². The van der Waals surface area contributed by atoms with E-state index in [0.717, 1.165) is 42.3 Å². The van der Waals surface area contributed by atoms with Crippen molar-refractivity contribution in [2.45, 2.75) is 19.9 Å². The molecule has 2 aliphatic rings. The molecule has 2 fully saturated rings. The standard InChI is InChI=1S/C21H25N5.2ClH/c1-13-6-4-5-7-16(13)20-17-12-26(11-15(17)10-25(20)3)21-19-18(8-9-22-19)23-14(2)24-21;;/h4-9,15,17,20,22H,10-12H2,1-3H3;2*1H/t15-,17+,20-;;/m0../s1. The molecule has 0 bridgehead atoms. The van der Waals surface area contributed by atoms with Crippen molar-refractivity contribution < 1.29 is 0 Å². The number of nitrogens with zero attached hydrogens (tertiary/aromatic N) is 4. The van der Waals surface area contributed by atoms with Gasteiger partial charge in [-0.05, 0) is 44.0 Å². The molecule has 1 N–H and O–H groups in total. The predicted octanol–water partition coefficient (Wildman–Crippen LogP) is 4.16. The summed E-state index contributed by atoms with van der Waals surface area (Å²) in [6.45, 7) is 7.49. The molecule has 0 saturated carbocycles. The zero-order valence-corrected chi connectivity index (χ0v) is 18.1. The Kier molecular flexibility index (Phi) is 5.89. The van der Waals surface area contributed by atoms with E-state index >= 15 is 0 Å². The Morgan fingerprint density at radius 1 is 1.00 bits per heavy atom. The first-order chi connectivity index (χ1) is 12.6. The summed E-state index contributed by atoms with van der Waals surface area (Å²) in [5.74, 6) is 3.24. The molecule has 4 heterocycles. The highest BCUT2D eigenvalue weighted by molar-refractivity contribution is 5.86. The normalized spacial score (nSPS) is 24.1. The first-order valence-corrected chi connectivity index (χ1v) is 9.44. The average molecular weight is 420 g/mol. The zero-order chi connectivity index (χ0) is 17.8. The number of aryl methyl sites for hydroxylation is 2. The molecule has 3 aromatic rings. The smallest absolute Gasteiger partial charge is 0.156 e. The minimum atomic E-state index is 0. The van der Waals surface area contributed by atoms with Crippen LogP contribution in [0.4, 0.5) is 5.82 Å². The van der Waals surface area contributed by atoms with Crippen molar-refractivity contribution in [3.63, 3.8) is 0 Å². The first-order valence-electron chi connectivity index (χ1n) is 9.44. The number of nitrogens with one attached hydrogen (secondary N) is 1. The molecule has 5 rings (SSSR count). The minimum absolute atomic E-state index is 0. The van der Waals surface area contributed by atoms with Crippen molar-refractivity contribution in [3.05, 3.63) is 53.5 Å². The van der Waals surface area contributed by atoms with Crippen LogP contribution in [-0.4, -0.2) is 46.5 Å². The van der Waals surface area contributed by atoms with Gasteiger partial charge in [0.05, 0.1) is 5.52 Å². The van der Waals surface area contributed by atoms with E-state index in [-0.39, 0.29) is 24.8 Å². The lowest BCUT2D eigenvalue weighted by molar-refractivity contribution is 0.279. The summed E-state index contributed by atoms with van der Waals surface area (Å²) in [4.78, 5) is 17.7. The van der Waals surface area contributed by atoms with Gasteiger partial charge < -0.3 is 9.88 Å². The zero-order valence-electron chi connectivity index (χ0n) is 16.4. The highest BCUT2D eigenvalue weighted by atomic mass is 35.5. The van der Waals surface area contributed by atoms with Crippen molar-refractivity contribution in [2.24, 2.45) is 11.8 Å². The molecule has 0 aliphatic carbocycles. The first kappa shape index (κ1) is 20.9. The molecule has 5 nitrogen and oxygen atoms in total. The van der Waals surface area contributed by atoms with Gasteiger partial charge in [-0.1, -0.05) is 24.3 Å². The van der Waals surface area contributed by atoms with Crippen LogP contribution < -0.4 is 4.90 Å². The Balaban J connectivity index is 0.00000112. The Morgan fingerprint density at radius 3 is 2.57 bits per heavy atom. The van der Waals surface area contributed by atoms with Gasteiger partial charge in [-0.2, -0.15) is 0 Å². The van der Waals surface area contributed by atoms with Gasteiger partial charge in [-0.15, -0.1) is 24.8 Å². The van der Waals surface area contributed by atoms with E-state index in [9.17, 15) is 0 Å². The summed E-state index contributed by atoms with van der Waals surface area (Å²) in [7, 11) is 2.28. The van der Waals surface area contributed by atoms with Crippen LogP contribution in [0.25, 0.3) is 11.0 Å². The number of benzene rings is 1. The molecule has 1 aromatic carbocycles. The van der Waals surface area contributed by atoms with Crippen LogP contribution >= 0.6 is 24.8 Å². The summed E-state index contributed by atoms with van der Waals surface area (Å²) in [6.07, 6.45) is 1.96. The van der Waals surface area contributed by atoms with Crippen LogP contribution in [0.5, 0.6) is 0 Å². The second kappa shape index (κ2) is 7.90. The van der Waals surface area contributed by atoms with Gasteiger partial charge in [0.2, 0.25) is 0 Å². The number of H-pyrrole nitrogens is 1. The largest absolute Gasteiger partial charge is 0.357 e. The maximum atomic E-state index is 4.79. The van der Waals surface area contributed by atoms with E-state index in [1.54, 1.807) is 0 Å². The Morgan fingerprint density at radius 2 is 1.79 bits per heavy atom. The number of aromatic nitrogens is 3. The molecule has 3 atom stereocenters. The summed E-state index contributed by atoms with van der Waals surface area (Å²) < 4.78 is 0. The number of hydrogen-bond acceptors (Lipinski definition) is 4. The maximum absolute atomic E-state index is 4.79. The quantitative estimate of drug-likeness (QED) is 0.677.